The van der Waals surface area contributed by atoms with E-state index >= 15 is 0 Å². The molecule has 0 saturated heterocycles. The maximum Gasteiger partial charge on any atom is 0.255 e. The summed E-state index contributed by atoms with van der Waals surface area (Å²) < 4.78 is 28.7. The first-order chi connectivity index (χ1) is 12.9. The number of para-hydroxylation sites is 1. The van der Waals surface area contributed by atoms with Gasteiger partial charge in [0, 0.05) is 18.0 Å². The molecule has 1 N–H and O–H groups in total. The highest BCUT2D eigenvalue weighted by molar-refractivity contribution is 7.89. The van der Waals surface area contributed by atoms with E-state index in [-0.39, 0.29) is 17.5 Å². The second-order valence-corrected chi connectivity index (χ2v) is 8.14. The van der Waals surface area contributed by atoms with Crippen molar-refractivity contribution >= 4 is 21.4 Å². The Balaban J connectivity index is 1.80. The molecule has 1 heterocycles. The van der Waals surface area contributed by atoms with E-state index in [0.29, 0.717) is 22.6 Å². The number of carbonyl (C=O) groups excluding carboxylic acids is 1. The molecule has 2 aromatic carbocycles. The van der Waals surface area contributed by atoms with Gasteiger partial charge in [-0.05, 0) is 42.0 Å². The number of carbonyl (C=O) groups is 1. The standard InChI is InChI=1S/C20H18N2O4S/c1-27(24,25)14-15-7-5-8-16(13-15)19(23)22-18-11-6-12-21-20(18)26-17-9-3-2-4-10-17/h2-13H,14H2,1H3,(H,22,23). The first kappa shape index (κ1) is 18.6. The first-order valence-corrected chi connectivity index (χ1v) is 10.2. The van der Waals surface area contributed by atoms with Crippen LogP contribution >= 0.6 is 0 Å². The molecule has 7 heteroatoms. The number of benzene rings is 2. The molecule has 0 aliphatic heterocycles. The minimum Gasteiger partial charge on any atom is -0.437 e. The zero-order valence-corrected chi connectivity index (χ0v) is 15.4. The van der Waals surface area contributed by atoms with Crippen LogP contribution in [-0.4, -0.2) is 25.6 Å². The Morgan fingerprint density at radius 1 is 1.04 bits per heavy atom. The van der Waals surface area contributed by atoms with E-state index < -0.39 is 9.84 Å². The summed E-state index contributed by atoms with van der Waals surface area (Å²) >= 11 is 0. The lowest BCUT2D eigenvalue weighted by Crippen LogP contribution is -2.13. The van der Waals surface area contributed by atoms with E-state index in [0.717, 1.165) is 6.26 Å². The van der Waals surface area contributed by atoms with Gasteiger partial charge in [-0.2, -0.15) is 0 Å². The maximum absolute atomic E-state index is 12.6. The highest BCUT2D eigenvalue weighted by Gasteiger charge is 2.13. The molecule has 138 valence electrons. The molecule has 0 aliphatic carbocycles. The molecule has 0 atom stereocenters. The number of aromatic nitrogens is 1. The van der Waals surface area contributed by atoms with Crippen LogP contribution < -0.4 is 10.1 Å². The molecule has 27 heavy (non-hydrogen) atoms. The number of hydrogen-bond donors (Lipinski definition) is 1. The van der Waals surface area contributed by atoms with Crippen LogP contribution in [0.25, 0.3) is 0 Å². The fraction of sp³-hybridized carbons (Fsp3) is 0.100. The molecule has 3 aromatic rings. The Kier molecular flexibility index (Phi) is 5.52. The molecular formula is C20H18N2O4S. The third-order valence-electron chi connectivity index (χ3n) is 3.60. The number of nitrogens with one attached hydrogen (secondary N) is 1. The third kappa shape index (κ3) is 5.39. The van der Waals surface area contributed by atoms with Crippen molar-refractivity contribution in [3.8, 4) is 11.6 Å². The second-order valence-electron chi connectivity index (χ2n) is 6.00. The van der Waals surface area contributed by atoms with Crippen LogP contribution in [0.1, 0.15) is 15.9 Å². The number of amides is 1. The van der Waals surface area contributed by atoms with Gasteiger partial charge in [0.15, 0.2) is 9.84 Å². The molecule has 6 nitrogen and oxygen atoms in total. The molecule has 0 unspecified atom stereocenters. The monoisotopic (exact) mass is 382 g/mol. The topological polar surface area (TPSA) is 85.4 Å². The van der Waals surface area contributed by atoms with E-state index in [1.807, 2.05) is 18.2 Å². The fourth-order valence-electron chi connectivity index (χ4n) is 2.47. The Bertz CT molecular complexity index is 1050. The number of sulfone groups is 1. The van der Waals surface area contributed by atoms with Crippen LogP contribution in [0.4, 0.5) is 5.69 Å². The van der Waals surface area contributed by atoms with E-state index in [2.05, 4.69) is 10.3 Å². The number of rotatable bonds is 6. The Morgan fingerprint density at radius 3 is 2.56 bits per heavy atom. The van der Waals surface area contributed by atoms with Crippen LogP contribution in [0.15, 0.2) is 72.9 Å². The number of anilines is 1. The first-order valence-electron chi connectivity index (χ1n) is 8.17. The van der Waals surface area contributed by atoms with E-state index in [1.54, 1.807) is 54.7 Å². The van der Waals surface area contributed by atoms with Gasteiger partial charge in [0.05, 0.1) is 5.75 Å². The fourth-order valence-corrected chi connectivity index (χ4v) is 3.25. The quantitative estimate of drug-likeness (QED) is 0.703. The summed E-state index contributed by atoms with van der Waals surface area (Å²) in [6.45, 7) is 0. The lowest BCUT2D eigenvalue weighted by atomic mass is 10.1. The molecular weight excluding hydrogens is 364 g/mol. The van der Waals surface area contributed by atoms with Crippen LogP contribution in [0.5, 0.6) is 11.6 Å². The number of ether oxygens (including phenoxy) is 1. The minimum absolute atomic E-state index is 0.122. The van der Waals surface area contributed by atoms with Gasteiger partial charge in [-0.1, -0.05) is 30.3 Å². The zero-order chi connectivity index (χ0) is 19.3. The molecule has 3 rings (SSSR count). The molecule has 0 aliphatic rings. The van der Waals surface area contributed by atoms with Crippen molar-refractivity contribution in [2.75, 3.05) is 11.6 Å². The SMILES string of the molecule is CS(=O)(=O)Cc1cccc(C(=O)Nc2cccnc2Oc2ccccc2)c1. The van der Waals surface area contributed by atoms with E-state index in [9.17, 15) is 13.2 Å². The predicted octanol–water partition coefficient (Wildman–Crippen LogP) is 3.67. The van der Waals surface area contributed by atoms with Gasteiger partial charge in [-0.3, -0.25) is 4.79 Å². The van der Waals surface area contributed by atoms with Gasteiger partial charge in [-0.15, -0.1) is 0 Å². The largest absolute Gasteiger partial charge is 0.437 e. The van der Waals surface area contributed by atoms with E-state index in [4.69, 9.17) is 4.74 Å². The smallest absolute Gasteiger partial charge is 0.255 e. The van der Waals surface area contributed by atoms with Crippen LogP contribution in [-0.2, 0) is 15.6 Å². The number of pyridine rings is 1. The summed E-state index contributed by atoms with van der Waals surface area (Å²) in [4.78, 5) is 16.8. The van der Waals surface area contributed by atoms with Crippen LogP contribution in [0.3, 0.4) is 0 Å². The van der Waals surface area contributed by atoms with Crippen molar-refractivity contribution in [1.82, 2.24) is 4.98 Å². The highest BCUT2D eigenvalue weighted by Crippen LogP contribution is 2.27. The average molecular weight is 382 g/mol. The lowest BCUT2D eigenvalue weighted by molar-refractivity contribution is 0.102. The summed E-state index contributed by atoms with van der Waals surface area (Å²) in [6.07, 6.45) is 2.73. The minimum atomic E-state index is -3.18. The summed E-state index contributed by atoms with van der Waals surface area (Å²) in [5.41, 5.74) is 1.32. The normalized spacial score (nSPS) is 11.0. The van der Waals surface area contributed by atoms with Crippen molar-refractivity contribution < 1.29 is 17.9 Å². The van der Waals surface area contributed by atoms with Gasteiger partial charge in [0.2, 0.25) is 5.88 Å². The van der Waals surface area contributed by atoms with Crippen molar-refractivity contribution in [2.45, 2.75) is 5.75 Å². The third-order valence-corrected chi connectivity index (χ3v) is 4.45. The highest BCUT2D eigenvalue weighted by atomic mass is 32.2. The van der Waals surface area contributed by atoms with E-state index in [1.165, 1.54) is 0 Å². The zero-order valence-electron chi connectivity index (χ0n) is 14.6. The lowest BCUT2D eigenvalue weighted by Gasteiger charge is -2.11. The molecule has 0 saturated carbocycles. The van der Waals surface area contributed by atoms with Gasteiger partial charge in [0.25, 0.3) is 5.91 Å². The Morgan fingerprint density at radius 2 is 1.81 bits per heavy atom. The molecule has 0 radical (unpaired) electrons. The van der Waals surface area contributed by atoms with Crippen molar-refractivity contribution in [1.29, 1.82) is 0 Å². The van der Waals surface area contributed by atoms with Gasteiger partial charge in [0.1, 0.15) is 11.4 Å². The molecule has 0 bridgehead atoms. The van der Waals surface area contributed by atoms with Crippen LogP contribution in [0.2, 0.25) is 0 Å². The van der Waals surface area contributed by atoms with Gasteiger partial charge in [-0.25, -0.2) is 13.4 Å². The number of nitrogens with zero attached hydrogens (tertiary/aromatic N) is 1. The molecule has 0 spiro atoms. The Labute approximate surface area is 157 Å². The van der Waals surface area contributed by atoms with Crippen molar-refractivity contribution in [3.63, 3.8) is 0 Å². The molecule has 1 amide bonds. The van der Waals surface area contributed by atoms with Crippen molar-refractivity contribution in [2.24, 2.45) is 0 Å². The average Bonchev–Trinajstić information content (AvgIpc) is 2.63. The van der Waals surface area contributed by atoms with Gasteiger partial charge >= 0.3 is 0 Å². The second kappa shape index (κ2) is 8.01. The van der Waals surface area contributed by atoms with Crippen LogP contribution in [0, 0.1) is 0 Å². The molecule has 1 aromatic heterocycles. The van der Waals surface area contributed by atoms with Gasteiger partial charge < -0.3 is 10.1 Å². The summed E-state index contributed by atoms with van der Waals surface area (Å²) in [5.74, 6) is 0.367. The Hall–Kier alpha value is -3.19. The summed E-state index contributed by atoms with van der Waals surface area (Å²) in [6, 6.07) is 19.0. The predicted molar refractivity (Wildman–Crippen MR) is 104 cm³/mol. The summed E-state index contributed by atoms with van der Waals surface area (Å²) in [5, 5.41) is 2.76. The summed E-state index contributed by atoms with van der Waals surface area (Å²) in [7, 11) is -3.18. The van der Waals surface area contributed by atoms with Crippen molar-refractivity contribution in [3.05, 3.63) is 84.1 Å². The molecule has 0 fully saturated rings. The number of hydrogen-bond acceptors (Lipinski definition) is 5. The maximum atomic E-state index is 12.6.